The second kappa shape index (κ2) is 20.7. The average molecular weight is 84.1 g/mol. The van der Waals surface area contributed by atoms with Crippen LogP contribution in [0.15, 0.2) is 0 Å². The molecule has 0 amide bonds. The van der Waals surface area contributed by atoms with Crippen LogP contribution in [0.25, 0.3) is 0 Å². The minimum Gasteiger partial charge on any atom is -1.00 e. The molecule has 0 aromatic heterocycles. The van der Waals surface area contributed by atoms with Gasteiger partial charge in [0.25, 0.3) is 0 Å². The largest absolute Gasteiger partial charge is 1.00 e. The standard InChI is InChI=1S/2Li.2H2S.2H/h;;2*1H2;;/q2*+1;;;2*-1. The third-order valence-electron chi connectivity index (χ3n) is 0. The predicted octanol–water partition coefficient (Wildman–Crippen LogP) is -5.54. The summed E-state index contributed by atoms with van der Waals surface area (Å²) in [5.74, 6) is 0. The molecule has 0 aromatic carbocycles. The van der Waals surface area contributed by atoms with Crippen molar-refractivity contribution in [1.82, 2.24) is 0 Å². The second-order valence-electron chi connectivity index (χ2n) is 0. The van der Waals surface area contributed by atoms with Crippen LogP contribution in [0.3, 0.4) is 0 Å². The van der Waals surface area contributed by atoms with Gasteiger partial charge in [0.1, 0.15) is 0 Å². The molecule has 4 heteroatoms. The van der Waals surface area contributed by atoms with Crippen LogP contribution in [0.4, 0.5) is 0 Å². The van der Waals surface area contributed by atoms with Gasteiger partial charge in [0.2, 0.25) is 0 Å². The molecule has 0 nitrogen and oxygen atoms in total. The zero-order chi connectivity index (χ0) is 0. The predicted molar refractivity (Wildman–Crippen MR) is 23.0 cm³/mol. The molecule has 4 heavy (non-hydrogen) atoms. The van der Waals surface area contributed by atoms with Crippen LogP contribution in [-0.4, -0.2) is 0 Å². The Balaban J connectivity index is 0. The van der Waals surface area contributed by atoms with Crippen LogP contribution in [0.5, 0.6) is 0 Å². The molecule has 0 saturated carbocycles. The molecule has 0 aliphatic carbocycles. The third kappa shape index (κ3) is 9.09. The molecule has 0 saturated heterocycles. The molecule has 20 valence electrons. The van der Waals surface area contributed by atoms with Crippen molar-refractivity contribution in [3.63, 3.8) is 0 Å². The van der Waals surface area contributed by atoms with E-state index in [1.54, 1.807) is 0 Å². The zero-order valence-electron chi connectivity index (χ0n) is 5.00. The van der Waals surface area contributed by atoms with Crippen molar-refractivity contribution < 1.29 is 40.6 Å². The smallest absolute Gasteiger partial charge is 1.00 e. The molecule has 0 fully saturated rings. The zero-order valence-corrected chi connectivity index (χ0v) is 5.00. The molecular formula is H6Li2S2. The first kappa shape index (κ1) is 39.3. The van der Waals surface area contributed by atoms with Crippen LogP contribution >= 0.6 is 27.0 Å². The fraction of sp³-hybridized carbons (Fsp3) is 0. The Labute approximate surface area is 67.3 Å². The van der Waals surface area contributed by atoms with Crippen molar-refractivity contribution in [2.75, 3.05) is 0 Å². The van der Waals surface area contributed by atoms with Gasteiger partial charge in [-0.15, -0.1) is 0 Å². The van der Waals surface area contributed by atoms with E-state index in [9.17, 15) is 0 Å². The SMILES string of the molecule is S.S.[H-].[H-].[Li+].[Li+]. The van der Waals surface area contributed by atoms with E-state index in [4.69, 9.17) is 0 Å². The molecule has 0 atom stereocenters. The fourth-order valence-electron chi connectivity index (χ4n) is 0. The summed E-state index contributed by atoms with van der Waals surface area (Å²) in [6, 6.07) is 0. The summed E-state index contributed by atoms with van der Waals surface area (Å²) in [4.78, 5) is 0. The van der Waals surface area contributed by atoms with Crippen molar-refractivity contribution in [3.8, 4) is 0 Å². The van der Waals surface area contributed by atoms with Gasteiger partial charge in [-0.25, -0.2) is 0 Å². The van der Waals surface area contributed by atoms with E-state index in [0.717, 1.165) is 0 Å². The molecule has 0 unspecified atom stereocenters. The van der Waals surface area contributed by atoms with E-state index in [-0.39, 0.29) is 67.6 Å². The Hall–Kier alpha value is 1.89. The summed E-state index contributed by atoms with van der Waals surface area (Å²) in [5, 5.41) is 0. The molecule has 0 aliphatic rings. The van der Waals surface area contributed by atoms with E-state index < -0.39 is 0 Å². The van der Waals surface area contributed by atoms with Crippen LogP contribution in [-0.2, 0) is 0 Å². The van der Waals surface area contributed by atoms with Crippen LogP contribution in [0.2, 0.25) is 0 Å². The van der Waals surface area contributed by atoms with Gasteiger partial charge in [-0.2, -0.15) is 27.0 Å². The van der Waals surface area contributed by atoms with Gasteiger partial charge in [-0.3, -0.25) is 0 Å². The summed E-state index contributed by atoms with van der Waals surface area (Å²) in [5.41, 5.74) is 0. The number of rotatable bonds is 0. The van der Waals surface area contributed by atoms with Gasteiger partial charge in [0.15, 0.2) is 0 Å². The molecule has 0 spiro atoms. The second-order valence-corrected chi connectivity index (χ2v) is 0. The molecule has 0 bridgehead atoms. The maximum Gasteiger partial charge on any atom is 1.00 e. The van der Waals surface area contributed by atoms with Crippen LogP contribution < -0.4 is 37.7 Å². The Bertz CT molecular complexity index is 9.51. The van der Waals surface area contributed by atoms with E-state index in [2.05, 4.69) is 0 Å². The first-order valence-corrected chi connectivity index (χ1v) is 0. The Kier molecular flexibility index (Phi) is 203. The minimum atomic E-state index is 0. The van der Waals surface area contributed by atoms with E-state index >= 15 is 0 Å². The molecule has 0 heterocycles. The molecular weight excluding hydrogens is 78.0 g/mol. The van der Waals surface area contributed by atoms with Crippen molar-refractivity contribution in [2.24, 2.45) is 0 Å². The maximum atomic E-state index is 0. The average Bonchev–Trinajstić information content (AvgIpc) is 0. The topological polar surface area (TPSA) is 0 Å². The van der Waals surface area contributed by atoms with Gasteiger partial charge < -0.3 is 2.85 Å². The van der Waals surface area contributed by atoms with Gasteiger partial charge in [0, 0.05) is 0 Å². The van der Waals surface area contributed by atoms with Crippen LogP contribution in [0, 0.1) is 0 Å². The molecule has 0 N–H and O–H groups in total. The molecule has 0 aliphatic heterocycles. The van der Waals surface area contributed by atoms with Crippen molar-refractivity contribution in [3.05, 3.63) is 0 Å². The Morgan fingerprint density at radius 3 is 0.750 bits per heavy atom. The summed E-state index contributed by atoms with van der Waals surface area (Å²) < 4.78 is 0. The first-order valence-electron chi connectivity index (χ1n) is 0. The number of hydrogen-bond donors (Lipinski definition) is 0. The summed E-state index contributed by atoms with van der Waals surface area (Å²) >= 11 is 0. The third-order valence-corrected chi connectivity index (χ3v) is 0. The van der Waals surface area contributed by atoms with E-state index in [1.165, 1.54) is 0 Å². The van der Waals surface area contributed by atoms with Crippen molar-refractivity contribution >= 4 is 27.0 Å². The first-order chi connectivity index (χ1) is 0. The van der Waals surface area contributed by atoms with E-state index in [1.807, 2.05) is 0 Å². The number of hydrogen-bond acceptors (Lipinski definition) is 0. The Morgan fingerprint density at radius 1 is 0.750 bits per heavy atom. The van der Waals surface area contributed by atoms with Gasteiger partial charge in [-0.1, -0.05) is 0 Å². The summed E-state index contributed by atoms with van der Waals surface area (Å²) in [6.45, 7) is 0. The van der Waals surface area contributed by atoms with Gasteiger partial charge >= 0.3 is 37.7 Å². The van der Waals surface area contributed by atoms with Gasteiger partial charge in [0.05, 0.1) is 0 Å². The molecule has 0 radical (unpaired) electrons. The normalized spacial score (nSPS) is 0. The van der Waals surface area contributed by atoms with Gasteiger partial charge in [-0.05, 0) is 0 Å². The molecule has 0 rings (SSSR count). The van der Waals surface area contributed by atoms with Crippen molar-refractivity contribution in [2.45, 2.75) is 0 Å². The minimum absolute atomic E-state index is 0. The molecule has 0 aromatic rings. The quantitative estimate of drug-likeness (QED) is 0.257. The Morgan fingerprint density at radius 2 is 0.750 bits per heavy atom. The van der Waals surface area contributed by atoms with Crippen molar-refractivity contribution in [1.29, 1.82) is 0 Å². The summed E-state index contributed by atoms with van der Waals surface area (Å²) in [7, 11) is 0. The van der Waals surface area contributed by atoms with Crippen LogP contribution in [0.1, 0.15) is 2.85 Å². The summed E-state index contributed by atoms with van der Waals surface area (Å²) in [6.07, 6.45) is 0. The van der Waals surface area contributed by atoms with E-state index in [0.29, 0.717) is 0 Å². The maximum absolute atomic E-state index is 0. The monoisotopic (exact) mass is 84.0 g/mol. The fourth-order valence-corrected chi connectivity index (χ4v) is 0.